The number of hydrogen-bond donors (Lipinski definition) is 0. The molecule has 0 unspecified atom stereocenters. The van der Waals surface area contributed by atoms with E-state index in [1.165, 1.54) is 4.48 Å². The van der Waals surface area contributed by atoms with Gasteiger partial charge in [0, 0.05) is 36.5 Å². The van der Waals surface area contributed by atoms with E-state index in [0.29, 0.717) is 0 Å². The van der Waals surface area contributed by atoms with E-state index in [-0.39, 0.29) is 0 Å². The first kappa shape index (κ1) is 9.93. The molecule has 0 bridgehead atoms. The van der Waals surface area contributed by atoms with Gasteiger partial charge in [-0.1, -0.05) is 22.0 Å². The van der Waals surface area contributed by atoms with Gasteiger partial charge in [0.05, 0.1) is 6.54 Å². The summed E-state index contributed by atoms with van der Waals surface area (Å²) < 4.78 is 3.29. The normalized spacial score (nSPS) is 18.2. The third-order valence-electron chi connectivity index (χ3n) is 2.39. The maximum absolute atomic E-state index is 4.18. The fourth-order valence-corrected chi connectivity index (χ4v) is 2.21. The summed E-state index contributed by atoms with van der Waals surface area (Å²) in [5, 5.41) is 4.18. The SMILES string of the molecule is BrC1=CCCN(CCn2cccn2)C1. The van der Waals surface area contributed by atoms with Crippen LogP contribution in [0.15, 0.2) is 29.0 Å². The van der Waals surface area contributed by atoms with E-state index in [4.69, 9.17) is 0 Å². The molecule has 0 aliphatic carbocycles. The average Bonchev–Trinajstić information content (AvgIpc) is 2.67. The molecule has 1 aliphatic heterocycles. The van der Waals surface area contributed by atoms with Gasteiger partial charge in [0.15, 0.2) is 0 Å². The number of nitrogens with zero attached hydrogens (tertiary/aromatic N) is 3. The largest absolute Gasteiger partial charge is 0.296 e. The highest BCUT2D eigenvalue weighted by molar-refractivity contribution is 9.11. The third kappa shape index (κ3) is 2.69. The summed E-state index contributed by atoms with van der Waals surface area (Å²) in [6.45, 7) is 4.26. The van der Waals surface area contributed by atoms with E-state index < -0.39 is 0 Å². The van der Waals surface area contributed by atoms with Crippen LogP contribution >= 0.6 is 15.9 Å². The van der Waals surface area contributed by atoms with Gasteiger partial charge in [-0.3, -0.25) is 9.58 Å². The van der Waals surface area contributed by atoms with Gasteiger partial charge in [0.2, 0.25) is 0 Å². The van der Waals surface area contributed by atoms with E-state index in [1.807, 2.05) is 23.1 Å². The predicted octanol–water partition coefficient (Wildman–Crippen LogP) is 1.87. The van der Waals surface area contributed by atoms with Crippen LogP contribution in [-0.2, 0) is 6.54 Å². The van der Waals surface area contributed by atoms with E-state index in [1.54, 1.807) is 0 Å². The first-order valence-electron chi connectivity index (χ1n) is 4.89. The summed E-state index contributed by atoms with van der Waals surface area (Å²) in [6, 6.07) is 1.96. The van der Waals surface area contributed by atoms with Gasteiger partial charge in [-0.05, 0) is 12.5 Å². The molecule has 0 amide bonds. The molecule has 1 aliphatic rings. The molecule has 4 heteroatoms. The minimum absolute atomic E-state index is 0.979. The second-order valence-corrected chi connectivity index (χ2v) is 4.50. The average molecular weight is 256 g/mol. The lowest BCUT2D eigenvalue weighted by molar-refractivity contribution is 0.279. The molecule has 2 heterocycles. The van der Waals surface area contributed by atoms with Gasteiger partial charge in [0.1, 0.15) is 0 Å². The fourth-order valence-electron chi connectivity index (χ4n) is 1.63. The van der Waals surface area contributed by atoms with Gasteiger partial charge in [-0.2, -0.15) is 5.10 Å². The quantitative estimate of drug-likeness (QED) is 0.823. The van der Waals surface area contributed by atoms with Crippen LogP contribution in [0.4, 0.5) is 0 Å². The zero-order chi connectivity index (χ0) is 9.80. The second kappa shape index (κ2) is 4.75. The van der Waals surface area contributed by atoms with Crippen molar-refractivity contribution in [1.82, 2.24) is 14.7 Å². The summed E-state index contributed by atoms with van der Waals surface area (Å²) in [7, 11) is 0. The topological polar surface area (TPSA) is 21.1 Å². The zero-order valence-electron chi connectivity index (χ0n) is 8.06. The Hall–Kier alpha value is -0.610. The highest BCUT2D eigenvalue weighted by Gasteiger charge is 2.09. The summed E-state index contributed by atoms with van der Waals surface area (Å²) in [5.41, 5.74) is 0. The molecule has 0 saturated carbocycles. The van der Waals surface area contributed by atoms with Crippen LogP contribution in [0.5, 0.6) is 0 Å². The highest BCUT2D eigenvalue weighted by Crippen LogP contribution is 2.14. The summed E-state index contributed by atoms with van der Waals surface area (Å²) in [4.78, 5) is 2.44. The molecule has 0 radical (unpaired) electrons. The van der Waals surface area contributed by atoms with Gasteiger partial charge in [-0.15, -0.1) is 0 Å². The third-order valence-corrected chi connectivity index (χ3v) is 2.96. The van der Waals surface area contributed by atoms with Gasteiger partial charge >= 0.3 is 0 Å². The molecule has 2 rings (SSSR count). The molecule has 1 aromatic heterocycles. The number of rotatable bonds is 3. The Morgan fingerprint density at radius 2 is 2.36 bits per heavy atom. The van der Waals surface area contributed by atoms with Gasteiger partial charge in [-0.25, -0.2) is 0 Å². The Balaban J connectivity index is 1.79. The molecule has 0 aromatic carbocycles. The van der Waals surface area contributed by atoms with Crippen molar-refractivity contribution in [3.63, 3.8) is 0 Å². The summed E-state index contributed by atoms with van der Waals surface area (Å²) >= 11 is 3.54. The number of aromatic nitrogens is 2. The first-order valence-corrected chi connectivity index (χ1v) is 5.68. The smallest absolute Gasteiger partial charge is 0.0536 e. The van der Waals surface area contributed by atoms with Crippen LogP contribution in [-0.4, -0.2) is 34.3 Å². The minimum Gasteiger partial charge on any atom is -0.296 e. The molecule has 14 heavy (non-hydrogen) atoms. The Morgan fingerprint density at radius 3 is 3.07 bits per heavy atom. The van der Waals surface area contributed by atoms with Crippen LogP contribution in [0.2, 0.25) is 0 Å². The molecule has 0 spiro atoms. The van der Waals surface area contributed by atoms with E-state index >= 15 is 0 Å². The van der Waals surface area contributed by atoms with Crippen molar-refractivity contribution >= 4 is 15.9 Å². The monoisotopic (exact) mass is 255 g/mol. The van der Waals surface area contributed by atoms with Crippen LogP contribution < -0.4 is 0 Å². The van der Waals surface area contributed by atoms with Crippen LogP contribution in [0.1, 0.15) is 6.42 Å². The fraction of sp³-hybridized carbons (Fsp3) is 0.500. The maximum Gasteiger partial charge on any atom is 0.0536 e. The van der Waals surface area contributed by atoms with Crippen molar-refractivity contribution in [2.75, 3.05) is 19.6 Å². The van der Waals surface area contributed by atoms with Crippen molar-refractivity contribution in [2.45, 2.75) is 13.0 Å². The van der Waals surface area contributed by atoms with Crippen LogP contribution in [0.3, 0.4) is 0 Å². The van der Waals surface area contributed by atoms with Crippen molar-refractivity contribution in [1.29, 1.82) is 0 Å². The summed E-state index contributed by atoms with van der Waals surface area (Å²) in [5.74, 6) is 0. The number of hydrogen-bond acceptors (Lipinski definition) is 2. The predicted molar refractivity (Wildman–Crippen MR) is 60.3 cm³/mol. The molecular weight excluding hydrogens is 242 g/mol. The summed E-state index contributed by atoms with van der Waals surface area (Å²) in [6.07, 6.45) is 7.24. The number of halogens is 1. The minimum atomic E-state index is 0.979. The molecule has 0 saturated heterocycles. The molecule has 1 aromatic rings. The van der Waals surface area contributed by atoms with E-state index in [9.17, 15) is 0 Å². The highest BCUT2D eigenvalue weighted by atomic mass is 79.9. The standard InChI is InChI=1S/C10H14BrN3/c11-10-3-1-5-13(9-10)7-8-14-6-2-4-12-14/h2-4,6H,1,5,7-9H2. The molecule has 76 valence electrons. The Labute approximate surface area is 92.5 Å². The molecular formula is C10H14BrN3. The van der Waals surface area contributed by atoms with Crippen molar-refractivity contribution in [3.8, 4) is 0 Å². The second-order valence-electron chi connectivity index (χ2n) is 3.48. The Kier molecular flexibility index (Phi) is 3.37. The van der Waals surface area contributed by atoms with Gasteiger partial charge < -0.3 is 0 Å². The van der Waals surface area contributed by atoms with E-state index in [2.05, 4.69) is 32.0 Å². The van der Waals surface area contributed by atoms with Crippen molar-refractivity contribution in [3.05, 3.63) is 29.0 Å². The zero-order valence-corrected chi connectivity index (χ0v) is 9.65. The molecule has 0 fully saturated rings. The van der Waals surface area contributed by atoms with Crippen molar-refractivity contribution < 1.29 is 0 Å². The van der Waals surface area contributed by atoms with Crippen LogP contribution in [0, 0.1) is 0 Å². The molecule has 0 N–H and O–H groups in total. The van der Waals surface area contributed by atoms with Crippen molar-refractivity contribution in [2.24, 2.45) is 0 Å². The lowest BCUT2D eigenvalue weighted by Gasteiger charge is -2.24. The Morgan fingerprint density at radius 1 is 1.43 bits per heavy atom. The van der Waals surface area contributed by atoms with E-state index in [0.717, 1.165) is 32.6 Å². The Bertz CT molecular complexity index is 305. The lowest BCUT2D eigenvalue weighted by atomic mass is 10.2. The maximum atomic E-state index is 4.18. The lowest BCUT2D eigenvalue weighted by Crippen LogP contribution is -2.31. The molecule has 0 atom stereocenters. The molecule has 3 nitrogen and oxygen atoms in total. The first-order chi connectivity index (χ1) is 6.84. The van der Waals surface area contributed by atoms with Gasteiger partial charge in [0.25, 0.3) is 0 Å². The van der Waals surface area contributed by atoms with Crippen LogP contribution in [0.25, 0.3) is 0 Å².